The molecule has 1 saturated carbocycles. The summed E-state index contributed by atoms with van der Waals surface area (Å²) in [5.41, 5.74) is 2.89. The summed E-state index contributed by atoms with van der Waals surface area (Å²) in [6.45, 7) is 1.79. The fourth-order valence-corrected chi connectivity index (χ4v) is 4.81. The molecule has 0 saturated heterocycles. The number of anilines is 1. The number of rotatable bonds is 4. The van der Waals surface area contributed by atoms with Crippen molar-refractivity contribution in [3.8, 4) is 0 Å². The third-order valence-corrected chi connectivity index (χ3v) is 6.30. The number of esters is 1. The lowest BCUT2D eigenvalue weighted by atomic mass is 9.93. The Labute approximate surface area is 185 Å². The number of nitro benzene ring substituents is 1. The van der Waals surface area contributed by atoms with Crippen molar-refractivity contribution >= 4 is 28.6 Å². The summed E-state index contributed by atoms with van der Waals surface area (Å²) >= 11 is 0. The van der Waals surface area contributed by atoms with Crippen molar-refractivity contribution in [3.63, 3.8) is 0 Å². The zero-order valence-corrected chi connectivity index (χ0v) is 17.8. The van der Waals surface area contributed by atoms with E-state index in [-0.39, 0.29) is 11.8 Å². The summed E-state index contributed by atoms with van der Waals surface area (Å²) in [5.74, 6) is 0.106. The molecule has 2 aromatic carbocycles. The smallest absolute Gasteiger partial charge is 0.338 e. The first-order valence-corrected chi connectivity index (χ1v) is 10.9. The Bertz CT molecular complexity index is 1240. The molecule has 1 aliphatic heterocycles. The number of carbonyl (C=O) groups excluding carboxylic acids is 1. The second-order valence-electron chi connectivity index (χ2n) is 8.34. The van der Waals surface area contributed by atoms with Gasteiger partial charge in [-0.15, -0.1) is 0 Å². The lowest BCUT2D eigenvalue weighted by Crippen LogP contribution is -2.31. The van der Waals surface area contributed by atoms with E-state index in [1.807, 2.05) is 28.8 Å². The highest BCUT2D eigenvalue weighted by Gasteiger charge is 2.38. The molecule has 1 fully saturated rings. The first kappa shape index (κ1) is 20.2. The van der Waals surface area contributed by atoms with Gasteiger partial charge in [-0.3, -0.25) is 14.7 Å². The number of allylic oxidation sites excluding steroid dienone is 1. The zero-order valence-electron chi connectivity index (χ0n) is 17.8. The second kappa shape index (κ2) is 8.11. The predicted octanol–water partition coefficient (Wildman–Crippen LogP) is 5.11. The van der Waals surface area contributed by atoms with Crippen LogP contribution >= 0.6 is 0 Å². The number of imidazole rings is 1. The van der Waals surface area contributed by atoms with Crippen molar-refractivity contribution in [3.05, 3.63) is 75.5 Å². The molecule has 0 radical (unpaired) electrons. The van der Waals surface area contributed by atoms with Crippen LogP contribution in [0.15, 0.2) is 59.8 Å². The minimum Gasteiger partial charge on any atom is -0.459 e. The van der Waals surface area contributed by atoms with Crippen molar-refractivity contribution < 1.29 is 14.5 Å². The normalized spacial score (nSPS) is 18.8. The van der Waals surface area contributed by atoms with Gasteiger partial charge >= 0.3 is 5.97 Å². The van der Waals surface area contributed by atoms with E-state index in [1.54, 1.807) is 25.1 Å². The van der Waals surface area contributed by atoms with E-state index in [4.69, 9.17) is 4.74 Å². The maximum absolute atomic E-state index is 13.5. The van der Waals surface area contributed by atoms with Crippen LogP contribution in [0.3, 0.4) is 0 Å². The van der Waals surface area contributed by atoms with Gasteiger partial charge in [-0.2, -0.15) is 0 Å². The molecule has 3 aromatic rings. The molecule has 2 aliphatic rings. The molecule has 0 spiro atoms. The lowest BCUT2D eigenvalue weighted by Gasteiger charge is -2.31. The third kappa shape index (κ3) is 3.41. The minimum absolute atomic E-state index is 0.0427. The molecule has 2 heterocycles. The van der Waals surface area contributed by atoms with Crippen molar-refractivity contribution in [2.75, 3.05) is 5.32 Å². The highest BCUT2D eigenvalue weighted by Crippen LogP contribution is 2.42. The SMILES string of the molecule is CC1=C(C(=O)OC2CCCCC2)C(c2ccccc2[N+](=O)[O-])n2c(nc3ccccc32)N1. The number of aromatic nitrogens is 2. The van der Waals surface area contributed by atoms with E-state index in [0.29, 0.717) is 22.8 Å². The molecule has 1 aliphatic carbocycles. The zero-order chi connectivity index (χ0) is 22.2. The highest BCUT2D eigenvalue weighted by molar-refractivity contribution is 5.94. The Morgan fingerprint density at radius 2 is 1.84 bits per heavy atom. The molecule has 1 aromatic heterocycles. The first-order chi connectivity index (χ1) is 15.5. The van der Waals surface area contributed by atoms with Gasteiger partial charge in [0.2, 0.25) is 5.95 Å². The van der Waals surface area contributed by atoms with Crippen LogP contribution in [0, 0.1) is 10.1 Å². The number of carbonyl (C=O) groups is 1. The number of para-hydroxylation sites is 3. The van der Waals surface area contributed by atoms with Crippen LogP contribution in [0.1, 0.15) is 50.6 Å². The standard InChI is InChI=1S/C24H24N4O4/c1-15-21(23(29)32-16-9-3-2-4-10-16)22(17-11-5-7-13-19(17)28(30)31)27-20-14-8-6-12-18(20)26-24(27)25-15/h5-8,11-14,16,22H,2-4,9-10H2,1H3,(H,25,26). The number of nitrogens with zero attached hydrogens (tertiary/aromatic N) is 3. The summed E-state index contributed by atoms with van der Waals surface area (Å²) in [7, 11) is 0. The number of hydrogen-bond acceptors (Lipinski definition) is 6. The monoisotopic (exact) mass is 432 g/mol. The van der Waals surface area contributed by atoms with E-state index in [1.165, 1.54) is 6.07 Å². The summed E-state index contributed by atoms with van der Waals surface area (Å²) in [5, 5.41) is 15.1. The number of fused-ring (bicyclic) bond motifs is 3. The molecule has 1 unspecified atom stereocenters. The van der Waals surface area contributed by atoms with Crippen LogP contribution in [-0.2, 0) is 9.53 Å². The Hall–Kier alpha value is -3.68. The van der Waals surface area contributed by atoms with Gasteiger partial charge in [0.05, 0.1) is 27.1 Å². The van der Waals surface area contributed by atoms with Crippen LogP contribution in [-0.4, -0.2) is 26.5 Å². The topological polar surface area (TPSA) is 99.3 Å². The van der Waals surface area contributed by atoms with Crippen molar-refractivity contribution in [2.24, 2.45) is 0 Å². The molecular weight excluding hydrogens is 408 g/mol. The summed E-state index contributed by atoms with van der Waals surface area (Å²) < 4.78 is 7.78. The molecule has 164 valence electrons. The van der Waals surface area contributed by atoms with Crippen LogP contribution in [0.5, 0.6) is 0 Å². The van der Waals surface area contributed by atoms with Gasteiger partial charge in [0.25, 0.3) is 5.69 Å². The Balaban J connectivity index is 1.68. The average molecular weight is 432 g/mol. The fourth-order valence-electron chi connectivity index (χ4n) is 4.81. The molecule has 0 bridgehead atoms. The summed E-state index contributed by atoms with van der Waals surface area (Å²) in [4.78, 5) is 29.6. The van der Waals surface area contributed by atoms with Crippen LogP contribution in [0.4, 0.5) is 11.6 Å². The van der Waals surface area contributed by atoms with E-state index >= 15 is 0 Å². The van der Waals surface area contributed by atoms with E-state index in [2.05, 4.69) is 10.3 Å². The molecule has 32 heavy (non-hydrogen) atoms. The molecule has 1 N–H and O–H groups in total. The quantitative estimate of drug-likeness (QED) is 0.349. The van der Waals surface area contributed by atoms with E-state index in [9.17, 15) is 14.9 Å². The second-order valence-corrected chi connectivity index (χ2v) is 8.34. The minimum atomic E-state index is -0.726. The largest absolute Gasteiger partial charge is 0.459 e. The lowest BCUT2D eigenvalue weighted by molar-refractivity contribution is -0.385. The Kier molecular flexibility index (Phi) is 5.13. The fraction of sp³-hybridized carbons (Fsp3) is 0.333. The van der Waals surface area contributed by atoms with Gasteiger partial charge in [-0.05, 0) is 50.8 Å². The Morgan fingerprint density at radius 1 is 1.12 bits per heavy atom. The van der Waals surface area contributed by atoms with Crippen molar-refractivity contribution in [1.82, 2.24) is 9.55 Å². The number of hydrogen-bond donors (Lipinski definition) is 1. The van der Waals surface area contributed by atoms with E-state index in [0.717, 1.165) is 43.1 Å². The number of ether oxygens (including phenoxy) is 1. The van der Waals surface area contributed by atoms with Crippen molar-refractivity contribution in [1.29, 1.82) is 0 Å². The van der Waals surface area contributed by atoms with Crippen LogP contribution in [0.2, 0.25) is 0 Å². The first-order valence-electron chi connectivity index (χ1n) is 10.9. The molecule has 5 rings (SSSR count). The predicted molar refractivity (Wildman–Crippen MR) is 120 cm³/mol. The Morgan fingerprint density at radius 3 is 2.62 bits per heavy atom. The van der Waals surface area contributed by atoms with Gasteiger partial charge in [0, 0.05) is 11.8 Å². The third-order valence-electron chi connectivity index (χ3n) is 6.30. The highest BCUT2D eigenvalue weighted by atomic mass is 16.6. The van der Waals surface area contributed by atoms with Gasteiger partial charge in [0.1, 0.15) is 12.1 Å². The van der Waals surface area contributed by atoms with Gasteiger partial charge in [-0.25, -0.2) is 9.78 Å². The molecule has 8 heteroatoms. The van der Waals surface area contributed by atoms with Gasteiger partial charge in [-0.1, -0.05) is 30.7 Å². The van der Waals surface area contributed by atoms with Gasteiger partial charge in [0.15, 0.2) is 0 Å². The molecule has 0 amide bonds. The molecule has 1 atom stereocenters. The number of nitrogens with one attached hydrogen (secondary N) is 1. The van der Waals surface area contributed by atoms with Crippen LogP contribution in [0.25, 0.3) is 11.0 Å². The van der Waals surface area contributed by atoms with E-state index < -0.39 is 16.9 Å². The average Bonchev–Trinajstić information content (AvgIpc) is 3.16. The number of nitro groups is 1. The van der Waals surface area contributed by atoms with Crippen molar-refractivity contribution in [2.45, 2.75) is 51.2 Å². The van der Waals surface area contributed by atoms with Crippen LogP contribution < -0.4 is 5.32 Å². The maximum atomic E-state index is 13.5. The summed E-state index contributed by atoms with van der Waals surface area (Å²) in [6, 6.07) is 13.4. The summed E-state index contributed by atoms with van der Waals surface area (Å²) in [6.07, 6.45) is 4.81. The molecule has 8 nitrogen and oxygen atoms in total. The molecular formula is C24H24N4O4. The number of benzene rings is 2. The maximum Gasteiger partial charge on any atom is 0.338 e. The van der Waals surface area contributed by atoms with Gasteiger partial charge < -0.3 is 10.1 Å².